The number of hydrogen-bond donors (Lipinski definition) is 0. The Kier molecular flexibility index (Phi) is 6.58. The minimum atomic E-state index is -1.24. The molecule has 2 aliphatic rings. The third kappa shape index (κ3) is 5.01. The first-order valence-electron chi connectivity index (χ1n) is 11.1. The van der Waals surface area contributed by atoms with E-state index < -0.39 is 47.6 Å². The Morgan fingerprint density at radius 3 is 2.24 bits per heavy atom. The fourth-order valence-corrected chi connectivity index (χ4v) is 3.78. The normalized spacial score (nSPS) is 21.9. The lowest BCUT2D eigenvalue weighted by Gasteiger charge is -2.32. The minimum Gasteiger partial charge on any atom is -0.444 e. The number of likely N-dealkylation sites (N-methyl/N-ethyl adjacent to an activating group) is 1. The number of ether oxygens (including phenoxy) is 1. The molecular weight excluding hydrogens is 433 g/mol. The zero-order valence-corrected chi connectivity index (χ0v) is 20.6. The number of likely N-dealkylation sites (tertiary alicyclic amines) is 1. The lowest BCUT2D eigenvalue weighted by molar-refractivity contribution is 0.00578. The summed E-state index contributed by atoms with van der Waals surface area (Å²) in [5.74, 6) is -3.04. The van der Waals surface area contributed by atoms with Crippen LogP contribution in [0.4, 0.5) is 13.6 Å². The number of benzene rings is 1. The average Bonchev–Trinajstić information content (AvgIpc) is 3.24. The predicted octanol–water partition coefficient (Wildman–Crippen LogP) is 3.35. The van der Waals surface area contributed by atoms with E-state index in [-0.39, 0.29) is 23.6 Å². The summed E-state index contributed by atoms with van der Waals surface area (Å²) in [6, 6.07) is 2.31. The maximum absolute atomic E-state index is 15.0. The second kappa shape index (κ2) is 8.54. The average molecular weight is 466 g/mol. The fraction of sp³-hybridized carbons (Fsp3) is 0.652. The molecule has 2 amide bonds. The van der Waals surface area contributed by atoms with Crippen molar-refractivity contribution in [3.05, 3.63) is 29.3 Å². The molecule has 2 aliphatic heterocycles. The monoisotopic (exact) mass is 466 g/mol. The van der Waals surface area contributed by atoms with Crippen LogP contribution in [-0.4, -0.2) is 71.9 Å². The lowest BCUT2D eigenvalue weighted by Crippen LogP contribution is -2.43. The molecule has 182 valence electrons. The topological polar surface area (TPSA) is 68.3 Å². The number of rotatable bonds is 3. The van der Waals surface area contributed by atoms with Crippen molar-refractivity contribution in [2.75, 3.05) is 20.1 Å². The second-order valence-electron chi connectivity index (χ2n) is 10.7. The molecular formula is C23H33BF2N2O5. The van der Waals surface area contributed by atoms with Gasteiger partial charge in [-0.25, -0.2) is 13.6 Å². The molecule has 1 atom stereocenters. The van der Waals surface area contributed by atoms with Crippen LogP contribution in [0, 0.1) is 11.6 Å². The first-order valence-corrected chi connectivity index (χ1v) is 11.1. The quantitative estimate of drug-likeness (QED) is 0.640. The molecule has 1 aromatic carbocycles. The molecule has 2 heterocycles. The summed E-state index contributed by atoms with van der Waals surface area (Å²) in [6.45, 7) is 13.1. The number of halogens is 2. The van der Waals surface area contributed by atoms with Crippen molar-refractivity contribution in [3.8, 4) is 0 Å². The fourth-order valence-electron chi connectivity index (χ4n) is 3.78. The molecule has 10 heteroatoms. The molecule has 0 bridgehead atoms. The van der Waals surface area contributed by atoms with Crippen molar-refractivity contribution in [2.45, 2.75) is 77.7 Å². The first kappa shape index (κ1) is 25.4. The van der Waals surface area contributed by atoms with Crippen LogP contribution in [0.5, 0.6) is 0 Å². The highest BCUT2D eigenvalue weighted by atomic mass is 19.2. The Labute approximate surface area is 194 Å². The molecule has 7 nitrogen and oxygen atoms in total. The van der Waals surface area contributed by atoms with Crippen LogP contribution in [0.2, 0.25) is 0 Å². The second-order valence-corrected chi connectivity index (χ2v) is 10.7. The van der Waals surface area contributed by atoms with E-state index in [4.69, 9.17) is 14.0 Å². The smallest absolute Gasteiger partial charge is 0.444 e. The molecule has 0 radical (unpaired) electrons. The molecule has 0 N–H and O–H groups in total. The van der Waals surface area contributed by atoms with E-state index in [0.717, 1.165) is 0 Å². The Hall–Kier alpha value is -2.20. The first-order chi connectivity index (χ1) is 15.0. The summed E-state index contributed by atoms with van der Waals surface area (Å²) in [7, 11) is 0.527. The molecule has 0 saturated carbocycles. The van der Waals surface area contributed by atoms with Crippen LogP contribution in [0.1, 0.15) is 65.2 Å². The van der Waals surface area contributed by atoms with Gasteiger partial charge < -0.3 is 23.8 Å². The van der Waals surface area contributed by atoms with Crippen LogP contribution < -0.4 is 5.46 Å². The Bertz CT molecular complexity index is 932. The van der Waals surface area contributed by atoms with Crippen LogP contribution in [0.3, 0.4) is 0 Å². The predicted molar refractivity (Wildman–Crippen MR) is 120 cm³/mol. The van der Waals surface area contributed by atoms with E-state index in [1.165, 1.54) is 21.9 Å². The highest BCUT2D eigenvalue weighted by Gasteiger charge is 2.52. The van der Waals surface area contributed by atoms with Gasteiger partial charge in [0, 0.05) is 25.6 Å². The van der Waals surface area contributed by atoms with Crippen molar-refractivity contribution in [1.29, 1.82) is 0 Å². The van der Waals surface area contributed by atoms with E-state index in [9.17, 15) is 18.4 Å². The van der Waals surface area contributed by atoms with E-state index >= 15 is 0 Å². The van der Waals surface area contributed by atoms with Gasteiger partial charge in [0.15, 0.2) is 11.6 Å². The van der Waals surface area contributed by atoms with Crippen molar-refractivity contribution < 1.29 is 32.4 Å². The van der Waals surface area contributed by atoms with Crippen LogP contribution in [0.15, 0.2) is 12.1 Å². The number of carbonyl (C=O) groups excluding carboxylic acids is 2. The Balaban J connectivity index is 1.73. The molecule has 33 heavy (non-hydrogen) atoms. The standard InChI is InChI=1S/C23H33BF2N2O5/c1-21(2,3)31-20(30)27(8)14-11-12-28(13-14)19(29)15-9-10-16(18(26)17(15)25)24-32-22(4,5)23(6,7)33-24/h9-10,14H,11-13H2,1-8H3/t14-/m1/s1. The summed E-state index contributed by atoms with van der Waals surface area (Å²) in [5.41, 5.74) is -2.52. The maximum atomic E-state index is 15.0. The highest BCUT2D eigenvalue weighted by molar-refractivity contribution is 6.62. The molecule has 3 rings (SSSR count). The highest BCUT2D eigenvalue weighted by Crippen LogP contribution is 2.37. The van der Waals surface area contributed by atoms with E-state index in [2.05, 4.69) is 0 Å². The largest absolute Gasteiger partial charge is 0.497 e. The van der Waals surface area contributed by atoms with E-state index in [0.29, 0.717) is 13.0 Å². The van der Waals surface area contributed by atoms with Crippen molar-refractivity contribution in [3.63, 3.8) is 0 Å². The lowest BCUT2D eigenvalue weighted by atomic mass is 9.78. The van der Waals surface area contributed by atoms with Gasteiger partial charge in [0.05, 0.1) is 22.8 Å². The third-order valence-corrected chi connectivity index (χ3v) is 6.53. The summed E-state index contributed by atoms with van der Waals surface area (Å²) in [6.07, 6.45) is 0.0169. The van der Waals surface area contributed by atoms with Gasteiger partial charge in [-0.1, -0.05) is 6.07 Å². The molecule has 0 aromatic heterocycles. The molecule has 0 aliphatic carbocycles. The SMILES string of the molecule is CN(C(=O)OC(C)(C)C)[C@@H]1CCN(C(=O)c2ccc(B3OC(C)(C)C(C)(C)O3)c(F)c2F)C1. The van der Waals surface area contributed by atoms with Gasteiger partial charge in [0.2, 0.25) is 0 Å². The van der Waals surface area contributed by atoms with E-state index in [1.807, 2.05) is 27.7 Å². The number of hydrogen-bond acceptors (Lipinski definition) is 5. The van der Waals surface area contributed by atoms with Gasteiger partial charge in [-0.05, 0) is 61.0 Å². The molecule has 0 unspecified atom stereocenters. The molecule has 1 aromatic rings. The van der Waals surface area contributed by atoms with Gasteiger partial charge in [-0.2, -0.15) is 0 Å². The van der Waals surface area contributed by atoms with Crippen LogP contribution in [-0.2, 0) is 14.0 Å². The van der Waals surface area contributed by atoms with E-state index in [1.54, 1.807) is 27.8 Å². The summed E-state index contributed by atoms with van der Waals surface area (Å²) < 4.78 is 46.9. The number of carbonyl (C=O) groups is 2. The van der Waals surface area contributed by atoms with Gasteiger partial charge in [0.25, 0.3) is 5.91 Å². The van der Waals surface area contributed by atoms with Crippen LogP contribution in [0.25, 0.3) is 0 Å². The third-order valence-electron chi connectivity index (χ3n) is 6.53. The van der Waals surface area contributed by atoms with Gasteiger partial charge in [-0.15, -0.1) is 0 Å². The molecule has 2 saturated heterocycles. The van der Waals surface area contributed by atoms with Crippen molar-refractivity contribution in [1.82, 2.24) is 9.80 Å². The van der Waals surface area contributed by atoms with Crippen LogP contribution >= 0.6 is 0 Å². The minimum absolute atomic E-state index is 0.0911. The summed E-state index contributed by atoms with van der Waals surface area (Å²) in [4.78, 5) is 28.1. The summed E-state index contributed by atoms with van der Waals surface area (Å²) in [5, 5.41) is 0. The maximum Gasteiger partial charge on any atom is 0.497 e. The zero-order valence-electron chi connectivity index (χ0n) is 20.6. The van der Waals surface area contributed by atoms with Crippen molar-refractivity contribution >= 4 is 24.6 Å². The zero-order chi connectivity index (χ0) is 24.9. The summed E-state index contributed by atoms with van der Waals surface area (Å²) >= 11 is 0. The van der Waals surface area contributed by atoms with Gasteiger partial charge in [-0.3, -0.25) is 4.79 Å². The van der Waals surface area contributed by atoms with Crippen molar-refractivity contribution in [2.24, 2.45) is 0 Å². The number of amides is 2. The van der Waals surface area contributed by atoms with Gasteiger partial charge in [0.1, 0.15) is 5.60 Å². The number of nitrogens with zero attached hydrogens (tertiary/aromatic N) is 2. The van der Waals surface area contributed by atoms with Gasteiger partial charge >= 0.3 is 13.2 Å². The Morgan fingerprint density at radius 2 is 1.70 bits per heavy atom. The Morgan fingerprint density at radius 1 is 1.12 bits per heavy atom. The molecule has 0 spiro atoms. The molecule has 2 fully saturated rings.